The van der Waals surface area contributed by atoms with Crippen molar-refractivity contribution in [3.8, 4) is 0 Å². The van der Waals surface area contributed by atoms with Gasteiger partial charge in [0.2, 0.25) is 0 Å². The zero-order valence-corrected chi connectivity index (χ0v) is 25.5. The maximum atomic E-state index is 11.4. The number of aliphatic imine (C=N–C) groups is 2. The van der Waals surface area contributed by atoms with E-state index in [0.29, 0.717) is 0 Å². The fraction of sp³-hybridized carbons (Fsp3) is 0.905. The molecule has 0 aromatic carbocycles. The summed E-state index contributed by atoms with van der Waals surface area (Å²) in [5.74, 6) is 0.424. The van der Waals surface area contributed by atoms with E-state index < -0.39 is 22.2 Å². The van der Waals surface area contributed by atoms with Crippen LogP contribution in [0.4, 0.5) is 13.2 Å². The third-order valence-electron chi connectivity index (χ3n) is 5.17. The first kappa shape index (κ1) is 40.3. The summed E-state index contributed by atoms with van der Waals surface area (Å²) in [6.45, 7) is 17.6. The molecular formula is C21H40Cl2F3N4O3S3+. The Labute approximate surface area is 235 Å². The lowest BCUT2D eigenvalue weighted by Gasteiger charge is -2.36. The summed E-state index contributed by atoms with van der Waals surface area (Å²) in [4.78, 5) is 10.1. The van der Waals surface area contributed by atoms with Crippen molar-refractivity contribution in [2.45, 2.75) is 46.0 Å². The van der Waals surface area contributed by atoms with Gasteiger partial charge < -0.3 is 9.38 Å². The molecule has 0 aliphatic carbocycles. The van der Waals surface area contributed by atoms with E-state index in [-0.39, 0.29) is 5.88 Å². The van der Waals surface area contributed by atoms with Crippen molar-refractivity contribution in [2.24, 2.45) is 9.98 Å². The normalized spacial score (nSPS) is 11.4. The first-order valence-corrected chi connectivity index (χ1v) is 14.9. The molecule has 0 saturated heterocycles. The van der Waals surface area contributed by atoms with Crippen molar-refractivity contribution in [1.82, 2.24) is 4.90 Å². The molecule has 0 amide bonds. The Bertz CT molecular complexity index is 728. The maximum Gasteiger partial charge on any atom is 0.523 e. The molecule has 0 aliphatic heterocycles. The largest absolute Gasteiger partial charge is 0.523 e. The van der Waals surface area contributed by atoms with Gasteiger partial charge in [0.25, 0.3) is 0 Å². The number of hydrogen-bond donors (Lipinski definition) is 0. The number of isothiocyanates is 2. The molecule has 15 heteroatoms. The highest BCUT2D eigenvalue weighted by atomic mass is 35.5. The van der Waals surface area contributed by atoms with E-state index in [2.05, 4.69) is 81.5 Å². The number of thiocarbonyl (C=S) groups is 2. The van der Waals surface area contributed by atoms with Gasteiger partial charge in [-0.25, -0.2) is 9.98 Å². The second kappa shape index (κ2) is 25.1. The summed E-state index contributed by atoms with van der Waals surface area (Å²) >= 11 is 19.7. The predicted molar refractivity (Wildman–Crippen MR) is 150 cm³/mol. The van der Waals surface area contributed by atoms with Crippen LogP contribution >= 0.6 is 47.6 Å². The Morgan fingerprint density at radius 2 is 1.42 bits per heavy atom. The number of hydrogen-bond acceptors (Lipinski definition) is 8. The second-order valence-corrected chi connectivity index (χ2v) is 9.93. The lowest BCUT2D eigenvalue weighted by molar-refractivity contribution is -0.922. The summed E-state index contributed by atoms with van der Waals surface area (Å²) in [6, 6.07) is 0. The Morgan fingerprint density at radius 1 is 0.917 bits per heavy atom. The fourth-order valence-corrected chi connectivity index (χ4v) is 3.99. The van der Waals surface area contributed by atoms with Gasteiger partial charge in [-0.2, -0.15) is 21.6 Å². The van der Waals surface area contributed by atoms with E-state index in [0.717, 1.165) is 82.1 Å². The smallest absolute Gasteiger partial charge is 0.323 e. The molecule has 7 nitrogen and oxygen atoms in total. The van der Waals surface area contributed by atoms with Gasteiger partial charge in [0.05, 0.1) is 62.1 Å². The van der Waals surface area contributed by atoms with E-state index in [9.17, 15) is 21.6 Å². The summed E-state index contributed by atoms with van der Waals surface area (Å²) in [5, 5.41) is 4.76. The number of rotatable bonds is 17. The number of halogens is 5. The lowest BCUT2D eigenvalue weighted by Crippen LogP contribution is -2.49. The van der Waals surface area contributed by atoms with Crippen molar-refractivity contribution in [1.29, 1.82) is 0 Å². The van der Waals surface area contributed by atoms with Gasteiger partial charge in [0.15, 0.2) is 0 Å². The van der Waals surface area contributed by atoms with E-state index in [1.165, 1.54) is 0 Å². The van der Waals surface area contributed by atoms with Gasteiger partial charge >= 0.3 is 15.6 Å². The van der Waals surface area contributed by atoms with Crippen LogP contribution in [0.2, 0.25) is 0 Å². The second-order valence-electron chi connectivity index (χ2n) is 7.20. The average molecular weight is 621 g/mol. The zero-order chi connectivity index (χ0) is 28.5. The van der Waals surface area contributed by atoms with Crippen molar-refractivity contribution >= 4 is 68.1 Å². The van der Waals surface area contributed by atoms with Crippen molar-refractivity contribution in [2.75, 3.05) is 77.3 Å². The van der Waals surface area contributed by atoms with Crippen LogP contribution in [-0.4, -0.2) is 111 Å². The fourth-order valence-electron chi connectivity index (χ4n) is 2.84. The third-order valence-corrected chi connectivity index (χ3v) is 6.80. The molecule has 36 heavy (non-hydrogen) atoms. The highest BCUT2D eigenvalue weighted by molar-refractivity contribution is 7.87. The minimum absolute atomic E-state index is 0.310. The van der Waals surface area contributed by atoms with Crippen LogP contribution in [0, 0.1) is 0 Å². The SMILES string of the molecule is CCN(CC)CCCN=C=S.CC[N+](CC)(CCCl)CCCN=C=S.O=S(=O)(OCCCl)C(F)(F)F. The van der Waals surface area contributed by atoms with Crippen molar-refractivity contribution < 1.29 is 30.3 Å². The van der Waals surface area contributed by atoms with Crippen LogP contribution in [-0.2, 0) is 14.3 Å². The number of nitrogens with zero attached hydrogens (tertiary/aromatic N) is 4. The number of alkyl halides is 5. The van der Waals surface area contributed by atoms with E-state index in [1.54, 1.807) is 0 Å². The van der Waals surface area contributed by atoms with Gasteiger partial charge in [0, 0.05) is 12.3 Å². The molecule has 0 heterocycles. The van der Waals surface area contributed by atoms with E-state index in [1.807, 2.05) is 0 Å². The molecule has 0 aromatic heterocycles. The van der Waals surface area contributed by atoms with Crippen molar-refractivity contribution in [3.63, 3.8) is 0 Å². The molecule has 0 unspecified atom stereocenters. The molecule has 214 valence electrons. The Hall–Kier alpha value is -0.200. The van der Waals surface area contributed by atoms with Crippen LogP contribution in [0.1, 0.15) is 40.5 Å². The molecule has 0 aromatic rings. The standard InChI is InChI=1S/C10H20ClN2S.C8H16N2S.C3H4ClF3O3S/c1-3-13(4-2,9-6-11)8-5-7-12-10-14;1-3-10(4-2)7-5-6-9-8-11;4-1-2-10-11(8,9)3(5,6)7/h3-9H2,1-2H3;3-7H2,1-2H3;1-2H2/q+1;;. The molecule has 0 atom stereocenters. The van der Waals surface area contributed by atoms with Crippen LogP contribution in [0.25, 0.3) is 0 Å². The molecule has 0 radical (unpaired) electrons. The van der Waals surface area contributed by atoms with Gasteiger partial charge in [-0.15, -0.1) is 23.2 Å². The summed E-state index contributed by atoms with van der Waals surface area (Å²) < 4.78 is 58.8. The molecular weight excluding hydrogens is 580 g/mol. The number of quaternary nitrogens is 1. The molecule has 0 rings (SSSR count). The monoisotopic (exact) mass is 619 g/mol. The van der Waals surface area contributed by atoms with Gasteiger partial charge in [0.1, 0.15) is 0 Å². The van der Waals surface area contributed by atoms with E-state index in [4.69, 9.17) is 23.2 Å². The van der Waals surface area contributed by atoms with Crippen LogP contribution < -0.4 is 0 Å². The predicted octanol–water partition coefficient (Wildman–Crippen LogP) is 5.49. The highest BCUT2D eigenvalue weighted by Crippen LogP contribution is 2.24. The average Bonchev–Trinajstić information content (AvgIpc) is 2.85. The Balaban J connectivity index is -0.000000459. The zero-order valence-electron chi connectivity index (χ0n) is 21.5. The van der Waals surface area contributed by atoms with Crippen LogP contribution in [0.15, 0.2) is 9.98 Å². The molecule has 0 fully saturated rings. The molecule has 0 saturated carbocycles. The van der Waals surface area contributed by atoms with Crippen molar-refractivity contribution in [3.05, 3.63) is 0 Å². The van der Waals surface area contributed by atoms with Crippen LogP contribution in [0.3, 0.4) is 0 Å². The molecule has 0 bridgehead atoms. The summed E-state index contributed by atoms with van der Waals surface area (Å²) in [5.41, 5.74) is -5.36. The molecule has 0 spiro atoms. The van der Waals surface area contributed by atoms with Gasteiger partial charge in [-0.05, 0) is 64.3 Å². The topological polar surface area (TPSA) is 71.3 Å². The molecule has 0 aliphatic rings. The lowest BCUT2D eigenvalue weighted by atomic mass is 10.3. The van der Waals surface area contributed by atoms with E-state index >= 15 is 0 Å². The van der Waals surface area contributed by atoms with Gasteiger partial charge in [-0.1, -0.05) is 13.8 Å². The highest BCUT2D eigenvalue weighted by Gasteiger charge is 2.47. The first-order chi connectivity index (χ1) is 16.9. The first-order valence-electron chi connectivity index (χ1n) is 11.6. The summed E-state index contributed by atoms with van der Waals surface area (Å²) in [6.07, 6.45) is 2.16. The van der Waals surface area contributed by atoms with Crippen LogP contribution in [0.5, 0.6) is 0 Å². The quantitative estimate of drug-likeness (QED) is 0.0408. The minimum atomic E-state index is -5.44. The molecule has 0 N–H and O–H groups in total. The Kier molecular flexibility index (Phi) is 28.1. The summed E-state index contributed by atoms with van der Waals surface area (Å²) in [7, 11) is -5.44. The third kappa shape index (κ3) is 21.8. The maximum absolute atomic E-state index is 11.4. The van der Waals surface area contributed by atoms with Gasteiger partial charge in [-0.3, -0.25) is 4.18 Å². The minimum Gasteiger partial charge on any atom is -0.323 e. The Morgan fingerprint density at radius 3 is 1.78 bits per heavy atom.